The molecule has 2 aromatic rings. The fraction of sp³-hybridized carbons (Fsp3) is 0.143. The van der Waals surface area contributed by atoms with Gasteiger partial charge in [-0.2, -0.15) is 0 Å². The molecular formula is C14H13ClNS-. The van der Waals surface area contributed by atoms with E-state index in [4.69, 9.17) is 0 Å². The van der Waals surface area contributed by atoms with E-state index in [-0.39, 0.29) is 12.4 Å². The van der Waals surface area contributed by atoms with Gasteiger partial charge in [0.25, 0.3) is 0 Å². The van der Waals surface area contributed by atoms with Crippen molar-refractivity contribution < 1.29 is 12.4 Å². The Morgan fingerprint density at radius 1 is 0.941 bits per heavy atom. The highest BCUT2D eigenvalue weighted by atomic mass is 35.5. The molecule has 0 fully saturated rings. The predicted molar refractivity (Wildman–Crippen MR) is 70.0 cm³/mol. The van der Waals surface area contributed by atoms with Gasteiger partial charge in [0.1, 0.15) is 0 Å². The first-order valence-electron chi connectivity index (χ1n) is 5.47. The molecule has 1 unspecified atom stereocenters. The minimum atomic E-state index is 0. The Morgan fingerprint density at radius 2 is 1.65 bits per heavy atom. The van der Waals surface area contributed by atoms with E-state index < -0.39 is 0 Å². The van der Waals surface area contributed by atoms with Crippen molar-refractivity contribution in [2.45, 2.75) is 10.9 Å². The molecule has 17 heavy (non-hydrogen) atoms. The maximum atomic E-state index is 3.59. The Morgan fingerprint density at radius 3 is 2.47 bits per heavy atom. The molecule has 88 valence electrons. The van der Waals surface area contributed by atoms with Crippen LogP contribution >= 0.6 is 11.8 Å². The second-order valence-corrected chi connectivity index (χ2v) is 4.98. The van der Waals surface area contributed by atoms with Gasteiger partial charge < -0.3 is 17.7 Å². The van der Waals surface area contributed by atoms with E-state index in [1.807, 2.05) is 11.8 Å². The van der Waals surface area contributed by atoms with Crippen LogP contribution in [0.3, 0.4) is 0 Å². The lowest BCUT2D eigenvalue weighted by Crippen LogP contribution is -3.00. The molecule has 1 heterocycles. The van der Waals surface area contributed by atoms with Gasteiger partial charge in [0.05, 0.1) is 6.04 Å². The first-order chi connectivity index (χ1) is 7.93. The van der Waals surface area contributed by atoms with Crippen LogP contribution in [0.5, 0.6) is 0 Å². The van der Waals surface area contributed by atoms with E-state index in [1.165, 1.54) is 16.1 Å². The Bertz CT molecular complexity index is 487. The van der Waals surface area contributed by atoms with Gasteiger partial charge in [-0.15, -0.1) is 11.8 Å². The SMILES string of the molecule is [Cl-].c1ccc(C2CSc3ccccc3N2)cc1. The summed E-state index contributed by atoms with van der Waals surface area (Å²) in [4.78, 5) is 1.36. The van der Waals surface area contributed by atoms with Crippen molar-refractivity contribution in [3.8, 4) is 0 Å². The molecule has 0 amide bonds. The quantitative estimate of drug-likeness (QED) is 0.821. The highest BCUT2D eigenvalue weighted by Crippen LogP contribution is 2.37. The van der Waals surface area contributed by atoms with Gasteiger partial charge in [-0.25, -0.2) is 0 Å². The predicted octanol–water partition coefficient (Wildman–Crippen LogP) is 0.950. The molecule has 0 spiro atoms. The average Bonchev–Trinajstić information content (AvgIpc) is 2.39. The third kappa shape index (κ3) is 2.59. The topological polar surface area (TPSA) is 12.0 Å². The molecule has 1 aliphatic heterocycles. The molecule has 0 aromatic heterocycles. The maximum absolute atomic E-state index is 3.59. The molecule has 3 heteroatoms. The molecule has 1 N–H and O–H groups in total. The molecule has 2 aromatic carbocycles. The van der Waals surface area contributed by atoms with E-state index in [0.717, 1.165) is 5.75 Å². The van der Waals surface area contributed by atoms with Gasteiger partial charge in [-0.05, 0) is 17.7 Å². The number of fused-ring (bicyclic) bond motifs is 1. The average molecular weight is 263 g/mol. The lowest BCUT2D eigenvalue weighted by Gasteiger charge is -2.26. The zero-order valence-corrected chi connectivity index (χ0v) is 10.8. The van der Waals surface area contributed by atoms with Crippen LogP contribution in [0, 0.1) is 0 Å². The zero-order chi connectivity index (χ0) is 10.8. The third-order valence-corrected chi connectivity index (χ3v) is 3.99. The van der Waals surface area contributed by atoms with Crippen LogP contribution < -0.4 is 17.7 Å². The minimum Gasteiger partial charge on any atom is -1.00 e. The second-order valence-electron chi connectivity index (χ2n) is 3.91. The Labute approximate surface area is 112 Å². The summed E-state index contributed by atoms with van der Waals surface area (Å²) >= 11 is 1.93. The molecule has 1 atom stereocenters. The highest BCUT2D eigenvalue weighted by Gasteiger charge is 2.18. The lowest BCUT2D eigenvalue weighted by molar-refractivity contribution is -0.00000307. The standard InChI is InChI=1S/C14H13NS.ClH/c1-2-6-11(7-3-1)13-10-16-14-9-5-4-8-12(14)15-13;/h1-9,13,15H,10H2;1H/p-1. The van der Waals surface area contributed by atoms with Crippen LogP contribution in [0.15, 0.2) is 59.5 Å². The molecule has 0 saturated heterocycles. The van der Waals surface area contributed by atoms with Crippen molar-refractivity contribution >= 4 is 17.4 Å². The Kier molecular flexibility index (Phi) is 3.97. The van der Waals surface area contributed by atoms with Crippen LogP contribution in [0.1, 0.15) is 11.6 Å². The fourth-order valence-corrected chi connectivity index (χ4v) is 3.06. The van der Waals surface area contributed by atoms with Crippen molar-refractivity contribution in [1.82, 2.24) is 0 Å². The third-order valence-electron chi connectivity index (χ3n) is 2.82. The number of rotatable bonds is 1. The van der Waals surface area contributed by atoms with Gasteiger partial charge in [0.15, 0.2) is 0 Å². The summed E-state index contributed by atoms with van der Waals surface area (Å²) in [6.07, 6.45) is 0. The minimum absolute atomic E-state index is 0. The van der Waals surface area contributed by atoms with Crippen molar-refractivity contribution in [2.24, 2.45) is 0 Å². The molecular weight excluding hydrogens is 250 g/mol. The van der Waals surface area contributed by atoms with Gasteiger partial charge >= 0.3 is 0 Å². The van der Waals surface area contributed by atoms with Crippen LogP contribution in [0.4, 0.5) is 5.69 Å². The fourth-order valence-electron chi connectivity index (χ4n) is 1.98. The largest absolute Gasteiger partial charge is 1.00 e. The molecule has 0 saturated carbocycles. The summed E-state index contributed by atoms with van der Waals surface area (Å²) in [5.74, 6) is 1.10. The monoisotopic (exact) mass is 262 g/mol. The van der Waals surface area contributed by atoms with E-state index in [9.17, 15) is 0 Å². The van der Waals surface area contributed by atoms with Crippen LogP contribution in [-0.4, -0.2) is 5.75 Å². The van der Waals surface area contributed by atoms with Gasteiger partial charge in [0.2, 0.25) is 0 Å². The van der Waals surface area contributed by atoms with Gasteiger partial charge in [-0.1, -0.05) is 42.5 Å². The normalized spacial score (nSPS) is 17.5. The summed E-state index contributed by atoms with van der Waals surface area (Å²) < 4.78 is 0. The highest BCUT2D eigenvalue weighted by molar-refractivity contribution is 7.99. The van der Waals surface area contributed by atoms with E-state index in [0.29, 0.717) is 6.04 Å². The number of halogens is 1. The Hall–Kier alpha value is -1.12. The van der Waals surface area contributed by atoms with Crippen molar-refractivity contribution in [3.05, 3.63) is 60.2 Å². The molecule has 0 bridgehead atoms. The number of hydrogen-bond acceptors (Lipinski definition) is 2. The van der Waals surface area contributed by atoms with Crippen LogP contribution in [0.25, 0.3) is 0 Å². The molecule has 0 aliphatic carbocycles. The summed E-state index contributed by atoms with van der Waals surface area (Å²) in [6, 6.07) is 19.6. The summed E-state index contributed by atoms with van der Waals surface area (Å²) in [5.41, 5.74) is 2.62. The second kappa shape index (κ2) is 5.48. The number of nitrogens with one attached hydrogen (secondary N) is 1. The number of anilines is 1. The molecule has 0 radical (unpaired) electrons. The van der Waals surface area contributed by atoms with E-state index in [2.05, 4.69) is 59.9 Å². The number of benzene rings is 2. The molecule has 1 nitrogen and oxygen atoms in total. The summed E-state index contributed by atoms with van der Waals surface area (Å²) in [5, 5.41) is 3.59. The summed E-state index contributed by atoms with van der Waals surface area (Å²) in [7, 11) is 0. The molecule has 3 rings (SSSR count). The number of para-hydroxylation sites is 1. The Balaban J connectivity index is 0.00000108. The zero-order valence-electron chi connectivity index (χ0n) is 9.27. The number of hydrogen-bond donors (Lipinski definition) is 1. The molecule has 1 aliphatic rings. The van der Waals surface area contributed by atoms with Crippen molar-refractivity contribution in [1.29, 1.82) is 0 Å². The first kappa shape index (κ1) is 12.3. The lowest BCUT2D eigenvalue weighted by atomic mass is 10.1. The first-order valence-corrected chi connectivity index (χ1v) is 6.45. The maximum Gasteiger partial charge on any atom is 0.0608 e. The van der Waals surface area contributed by atoms with Crippen LogP contribution in [0.2, 0.25) is 0 Å². The van der Waals surface area contributed by atoms with Crippen molar-refractivity contribution in [3.63, 3.8) is 0 Å². The van der Waals surface area contributed by atoms with E-state index in [1.54, 1.807) is 0 Å². The number of thioether (sulfide) groups is 1. The van der Waals surface area contributed by atoms with Crippen LogP contribution in [-0.2, 0) is 0 Å². The summed E-state index contributed by atoms with van der Waals surface area (Å²) in [6.45, 7) is 0. The van der Waals surface area contributed by atoms with E-state index >= 15 is 0 Å². The van der Waals surface area contributed by atoms with Gasteiger partial charge in [0, 0.05) is 16.3 Å². The van der Waals surface area contributed by atoms with Crippen molar-refractivity contribution in [2.75, 3.05) is 11.1 Å². The smallest absolute Gasteiger partial charge is 0.0608 e. The van der Waals surface area contributed by atoms with Gasteiger partial charge in [-0.3, -0.25) is 0 Å².